The Morgan fingerprint density at radius 3 is 1.71 bits per heavy atom. The molecule has 188 valence electrons. The molecule has 0 aliphatic rings. The quantitative estimate of drug-likeness (QED) is 0.0740. The van der Waals surface area contributed by atoms with Gasteiger partial charge >= 0.3 is 26.4 Å². The second kappa shape index (κ2) is 19.1. The summed E-state index contributed by atoms with van der Waals surface area (Å²) in [6.45, 7) is 0.917. The number of carbonyl (C=O) groups is 1. The minimum atomic E-state index is -4.35. The van der Waals surface area contributed by atoms with Crippen molar-refractivity contribution in [3.05, 3.63) is 0 Å². The molecule has 14 heteroatoms. The van der Waals surface area contributed by atoms with E-state index in [0.717, 1.165) is 61.1 Å². The van der Waals surface area contributed by atoms with Crippen molar-refractivity contribution in [3.8, 4) is 0 Å². The molecule has 0 rings (SSSR count). The molecule has 4 atom stereocenters. The summed E-state index contributed by atoms with van der Waals surface area (Å²) in [5.41, 5.74) is 0. The van der Waals surface area contributed by atoms with Crippen molar-refractivity contribution in [3.63, 3.8) is 0 Å². The van der Waals surface area contributed by atoms with Gasteiger partial charge in [0, 0.05) is 31.0 Å². The fraction of sp³-hybridized carbons (Fsp3) is 0.941. The molecule has 0 saturated heterocycles. The van der Waals surface area contributed by atoms with E-state index in [4.69, 9.17) is 9.84 Å². The minimum absolute atomic E-state index is 0. The van der Waals surface area contributed by atoms with E-state index in [-0.39, 0.29) is 33.6 Å². The average molecular weight is 615 g/mol. The molecule has 0 bridgehead atoms. The van der Waals surface area contributed by atoms with Crippen LogP contribution in [0.1, 0.15) is 39.0 Å². The molecule has 0 aromatic carbocycles. The van der Waals surface area contributed by atoms with Gasteiger partial charge < -0.3 is 18.9 Å². The van der Waals surface area contributed by atoms with Crippen molar-refractivity contribution in [2.75, 3.05) is 49.4 Å². The smallest absolute Gasteiger partial charge is 0.748 e. The van der Waals surface area contributed by atoms with Crippen LogP contribution in [0.3, 0.4) is 0 Å². The van der Waals surface area contributed by atoms with Gasteiger partial charge in [0.1, 0.15) is 0 Å². The maximum Gasteiger partial charge on any atom is 2.00 e. The molecule has 0 aromatic heterocycles. The van der Waals surface area contributed by atoms with E-state index in [1.165, 1.54) is 6.92 Å². The van der Waals surface area contributed by atoms with Gasteiger partial charge in [-0.2, -0.15) is 0 Å². The molecule has 0 radical (unpaired) electrons. The Labute approximate surface area is 204 Å². The fourth-order valence-corrected chi connectivity index (χ4v) is 7.18. The maximum atomic E-state index is 10.9. The topological polar surface area (TPSA) is 161 Å². The Morgan fingerprint density at radius 2 is 1.29 bits per heavy atom. The summed E-state index contributed by atoms with van der Waals surface area (Å²) in [4.78, 5) is 10.9. The third-order valence-electron chi connectivity index (χ3n) is 4.30. The van der Waals surface area contributed by atoms with Crippen LogP contribution in [0.25, 0.3) is 0 Å². The second-order valence-corrected chi connectivity index (χ2v) is 13.2. The number of hydrogen-bond donors (Lipinski definition) is 1. The number of aliphatic hydroxyl groups excluding tert-OH is 1. The van der Waals surface area contributed by atoms with Gasteiger partial charge in [-0.15, -0.1) is 17.2 Å². The van der Waals surface area contributed by atoms with Gasteiger partial charge in [0.15, 0.2) is 0 Å². The number of rotatable bonds is 19. The molecule has 0 aliphatic carbocycles. The van der Waals surface area contributed by atoms with Gasteiger partial charge in [-0.05, 0) is 62.7 Å². The van der Waals surface area contributed by atoms with E-state index in [1.807, 2.05) is 0 Å². The van der Waals surface area contributed by atoms with Gasteiger partial charge in [0.25, 0.3) is 0 Å². The molecule has 0 saturated carbocycles. The molecule has 1 N–H and O–H groups in total. The van der Waals surface area contributed by atoms with Crippen LogP contribution in [0.5, 0.6) is 0 Å². The molecule has 0 heterocycles. The Balaban J connectivity index is 0. The van der Waals surface area contributed by atoms with Crippen LogP contribution in [0.2, 0.25) is 0 Å². The van der Waals surface area contributed by atoms with Crippen LogP contribution in [0.15, 0.2) is 0 Å². The Morgan fingerprint density at radius 1 is 0.871 bits per heavy atom. The molecule has 31 heavy (non-hydrogen) atoms. The number of carbonyl (C=O) groups excluding carboxylic acids is 1. The zero-order valence-corrected chi connectivity index (χ0v) is 22.9. The van der Waals surface area contributed by atoms with Crippen molar-refractivity contribution in [2.24, 2.45) is 11.8 Å². The summed E-state index contributed by atoms with van der Waals surface area (Å²) in [7, 11) is -7.12. The number of esters is 1. The first kappa shape index (κ1) is 33.9. The third-order valence-corrected chi connectivity index (χ3v) is 8.89. The molecule has 0 amide bonds. The van der Waals surface area contributed by atoms with Gasteiger partial charge in [0.2, 0.25) is 0 Å². The Kier molecular flexibility index (Phi) is 20.9. The van der Waals surface area contributed by atoms with E-state index in [0.29, 0.717) is 12.8 Å². The van der Waals surface area contributed by atoms with Crippen molar-refractivity contribution in [1.29, 1.82) is 0 Å². The third kappa shape index (κ3) is 25.2. The van der Waals surface area contributed by atoms with E-state index in [9.17, 15) is 30.7 Å². The molecule has 9 nitrogen and oxygen atoms in total. The van der Waals surface area contributed by atoms with Gasteiger partial charge in [-0.1, -0.05) is 0 Å². The Hall–Kier alpha value is 0.772. The average Bonchev–Trinajstić information content (AvgIpc) is 2.60. The predicted octanol–water partition coefficient (Wildman–Crippen LogP) is 1.17. The first-order chi connectivity index (χ1) is 13.9. The van der Waals surface area contributed by atoms with Crippen LogP contribution < -0.4 is 0 Å². The molecular weight excluding hydrogens is 581 g/mol. The number of hydrogen-bond acceptors (Lipinski definition) is 9. The van der Waals surface area contributed by atoms with Crippen molar-refractivity contribution in [1.82, 2.24) is 0 Å². The maximum absolute atomic E-state index is 10.9. The summed E-state index contributed by atoms with van der Waals surface area (Å²) >= 11 is 0. The standard InChI is InChI=1S/C17H36O9P2S2.Pd/c1-15(19)26-12-17(14-30(23,24)25)6-3-8-28-10-4-9-27-7-2-5-16(11-18)13-29(20,21)22;/h16-18,27-28H,2-14H2,1H3,(H,20,21,22)(H,23,24,25);/q;+2/p-2. The summed E-state index contributed by atoms with van der Waals surface area (Å²) in [5, 5.41) is 9.11. The van der Waals surface area contributed by atoms with Crippen LogP contribution in [0, 0.1) is 11.8 Å². The zero-order valence-electron chi connectivity index (χ0n) is 17.7. The summed E-state index contributed by atoms with van der Waals surface area (Å²) in [6.07, 6.45) is 7.81. The van der Waals surface area contributed by atoms with Gasteiger partial charge in [-0.25, -0.2) is 16.8 Å². The summed E-state index contributed by atoms with van der Waals surface area (Å²) in [6, 6.07) is 0. The zero-order chi connectivity index (χ0) is 23.0. The second-order valence-electron chi connectivity index (χ2n) is 7.30. The largest absolute Gasteiger partial charge is 2.00 e. The normalized spacial score (nSPS) is 14.7. The molecule has 0 spiro atoms. The van der Waals surface area contributed by atoms with Crippen LogP contribution in [-0.2, 0) is 50.2 Å². The fourth-order valence-electron chi connectivity index (χ4n) is 2.87. The SMILES string of the molecule is CC(=O)OCC(CCCPCCCPCCCC(CO)CS(=O)(=O)[O-])CS(=O)(=O)[O-].[Pd+2]. The minimum Gasteiger partial charge on any atom is -0.748 e. The van der Waals surface area contributed by atoms with Crippen LogP contribution in [-0.4, -0.2) is 86.4 Å². The monoisotopic (exact) mass is 614 g/mol. The summed E-state index contributed by atoms with van der Waals surface area (Å²) in [5.74, 6) is -2.44. The Bertz CT molecular complexity index is 675. The number of ether oxygens (including phenoxy) is 1. The molecule has 0 aromatic rings. The van der Waals surface area contributed by atoms with Crippen molar-refractivity contribution < 1.29 is 61.0 Å². The van der Waals surface area contributed by atoms with Gasteiger partial charge in [0.05, 0.1) is 26.8 Å². The summed E-state index contributed by atoms with van der Waals surface area (Å²) < 4.78 is 69.8. The van der Waals surface area contributed by atoms with E-state index >= 15 is 0 Å². The molecular formula is C17H34O9P2PdS2. The van der Waals surface area contributed by atoms with Crippen molar-refractivity contribution >= 4 is 43.4 Å². The van der Waals surface area contributed by atoms with Crippen LogP contribution in [0.4, 0.5) is 0 Å². The molecule has 0 aliphatic heterocycles. The molecule has 4 unspecified atom stereocenters. The van der Waals surface area contributed by atoms with E-state index in [2.05, 4.69) is 0 Å². The number of aliphatic hydroxyl groups is 1. The van der Waals surface area contributed by atoms with E-state index < -0.39 is 49.5 Å². The van der Waals surface area contributed by atoms with Crippen LogP contribution >= 0.6 is 17.2 Å². The van der Waals surface area contributed by atoms with Gasteiger partial charge in [-0.3, -0.25) is 4.79 Å². The first-order valence-electron chi connectivity index (χ1n) is 9.95. The van der Waals surface area contributed by atoms with E-state index in [1.54, 1.807) is 0 Å². The molecule has 0 fully saturated rings. The first-order valence-corrected chi connectivity index (χ1v) is 15.9. The van der Waals surface area contributed by atoms with Crippen molar-refractivity contribution in [2.45, 2.75) is 39.0 Å². The predicted molar refractivity (Wildman–Crippen MR) is 119 cm³/mol.